The summed E-state index contributed by atoms with van der Waals surface area (Å²) in [7, 11) is 0. The van der Waals surface area contributed by atoms with Crippen molar-refractivity contribution in [1.82, 2.24) is 20.3 Å². The number of nitrogens with one attached hydrogen (secondary N) is 1. The Hall–Kier alpha value is -2.37. The summed E-state index contributed by atoms with van der Waals surface area (Å²) in [5.41, 5.74) is 2.64. The number of hydrogen-bond acceptors (Lipinski definition) is 3. The van der Waals surface area contributed by atoms with Crippen LogP contribution in [0.3, 0.4) is 0 Å². The number of carbonyl (C=O) groups excluding carboxylic acids is 1. The first-order chi connectivity index (χ1) is 11.5. The number of hydrogen-bond donors (Lipinski definition) is 1. The van der Waals surface area contributed by atoms with Crippen LogP contribution in [0.1, 0.15) is 21.7 Å². The van der Waals surface area contributed by atoms with E-state index in [1.807, 2.05) is 24.3 Å². The van der Waals surface area contributed by atoms with Crippen LogP contribution in [0.5, 0.6) is 0 Å². The summed E-state index contributed by atoms with van der Waals surface area (Å²) >= 11 is 11.8. The van der Waals surface area contributed by atoms with Crippen LogP contribution in [-0.2, 0) is 6.54 Å². The molecule has 1 aromatic heterocycles. The number of amides is 1. The zero-order valence-corrected chi connectivity index (χ0v) is 14.3. The molecule has 7 heteroatoms. The van der Waals surface area contributed by atoms with Gasteiger partial charge in [-0.05, 0) is 48.9 Å². The van der Waals surface area contributed by atoms with Gasteiger partial charge < -0.3 is 5.32 Å². The summed E-state index contributed by atoms with van der Waals surface area (Å²) in [6.45, 7) is 2.16. The molecule has 0 radical (unpaired) electrons. The number of rotatable bonds is 4. The maximum absolute atomic E-state index is 12.3. The normalized spacial score (nSPS) is 10.6. The number of benzene rings is 2. The van der Waals surface area contributed by atoms with E-state index in [0.29, 0.717) is 22.3 Å². The topological polar surface area (TPSA) is 59.8 Å². The van der Waals surface area contributed by atoms with Crippen molar-refractivity contribution in [2.75, 3.05) is 0 Å². The van der Waals surface area contributed by atoms with Crippen molar-refractivity contribution in [1.29, 1.82) is 0 Å². The SMILES string of the molecule is Cc1c(C(=O)NCc2cccc(Cl)c2)nnn1-c1ccc(Cl)cc1. The van der Waals surface area contributed by atoms with Crippen LogP contribution in [0.2, 0.25) is 10.0 Å². The van der Waals surface area contributed by atoms with E-state index in [2.05, 4.69) is 15.6 Å². The molecule has 0 saturated carbocycles. The molecule has 1 heterocycles. The standard InChI is InChI=1S/C17H14Cl2N4O/c1-11-16(17(24)20-10-12-3-2-4-14(19)9-12)21-22-23(11)15-7-5-13(18)6-8-15/h2-9H,10H2,1H3,(H,20,24). The van der Waals surface area contributed by atoms with Crippen molar-refractivity contribution < 1.29 is 4.79 Å². The zero-order valence-electron chi connectivity index (χ0n) is 12.8. The molecule has 3 aromatic rings. The highest BCUT2D eigenvalue weighted by Crippen LogP contribution is 2.16. The van der Waals surface area contributed by atoms with Gasteiger partial charge in [0, 0.05) is 16.6 Å². The van der Waals surface area contributed by atoms with Crippen molar-refractivity contribution in [2.24, 2.45) is 0 Å². The third-order valence-electron chi connectivity index (χ3n) is 3.52. The Bertz CT molecular complexity index is 875. The molecule has 0 aliphatic heterocycles. The minimum absolute atomic E-state index is 0.284. The number of aromatic nitrogens is 3. The Morgan fingerprint density at radius 1 is 1.12 bits per heavy atom. The molecule has 0 unspecified atom stereocenters. The van der Waals surface area contributed by atoms with E-state index in [4.69, 9.17) is 23.2 Å². The van der Waals surface area contributed by atoms with Gasteiger partial charge in [0.2, 0.25) is 0 Å². The molecule has 0 atom stereocenters. The van der Waals surface area contributed by atoms with Crippen molar-refractivity contribution in [3.8, 4) is 5.69 Å². The van der Waals surface area contributed by atoms with E-state index >= 15 is 0 Å². The fourth-order valence-electron chi connectivity index (χ4n) is 2.28. The smallest absolute Gasteiger partial charge is 0.274 e. The van der Waals surface area contributed by atoms with E-state index in [1.165, 1.54) is 0 Å². The Balaban J connectivity index is 1.75. The van der Waals surface area contributed by atoms with Crippen LogP contribution >= 0.6 is 23.2 Å². The van der Waals surface area contributed by atoms with Crippen molar-refractivity contribution >= 4 is 29.1 Å². The largest absolute Gasteiger partial charge is 0.347 e. The van der Waals surface area contributed by atoms with Gasteiger partial charge in [0.15, 0.2) is 5.69 Å². The fraction of sp³-hybridized carbons (Fsp3) is 0.118. The highest BCUT2D eigenvalue weighted by atomic mass is 35.5. The van der Waals surface area contributed by atoms with Crippen molar-refractivity contribution in [3.05, 3.63) is 75.5 Å². The van der Waals surface area contributed by atoms with Gasteiger partial charge >= 0.3 is 0 Å². The highest BCUT2D eigenvalue weighted by molar-refractivity contribution is 6.30. The van der Waals surface area contributed by atoms with Gasteiger partial charge in [0.05, 0.1) is 11.4 Å². The molecule has 1 amide bonds. The first kappa shape index (κ1) is 16.5. The highest BCUT2D eigenvalue weighted by Gasteiger charge is 2.17. The average molecular weight is 361 g/mol. The Morgan fingerprint density at radius 3 is 2.58 bits per heavy atom. The molecule has 2 aromatic carbocycles. The summed E-state index contributed by atoms with van der Waals surface area (Å²) < 4.78 is 1.60. The van der Waals surface area contributed by atoms with Crippen LogP contribution in [0.4, 0.5) is 0 Å². The predicted molar refractivity (Wildman–Crippen MR) is 93.7 cm³/mol. The van der Waals surface area contributed by atoms with Gasteiger partial charge in [-0.25, -0.2) is 4.68 Å². The molecule has 0 fully saturated rings. The molecule has 3 rings (SSSR count). The Labute approximate surface area is 149 Å². The Kier molecular flexibility index (Phi) is 4.83. The molecule has 5 nitrogen and oxygen atoms in total. The monoisotopic (exact) mass is 360 g/mol. The van der Waals surface area contributed by atoms with E-state index < -0.39 is 0 Å². The summed E-state index contributed by atoms with van der Waals surface area (Å²) in [6.07, 6.45) is 0. The quantitative estimate of drug-likeness (QED) is 0.769. The first-order valence-corrected chi connectivity index (χ1v) is 8.01. The first-order valence-electron chi connectivity index (χ1n) is 7.25. The van der Waals surface area contributed by atoms with Crippen LogP contribution < -0.4 is 5.32 Å². The summed E-state index contributed by atoms with van der Waals surface area (Å²) in [4.78, 5) is 12.3. The lowest BCUT2D eigenvalue weighted by Crippen LogP contribution is -2.24. The third kappa shape index (κ3) is 3.58. The summed E-state index contributed by atoms with van der Waals surface area (Å²) in [6, 6.07) is 14.5. The van der Waals surface area contributed by atoms with Crippen molar-refractivity contribution in [3.63, 3.8) is 0 Å². The van der Waals surface area contributed by atoms with Gasteiger partial charge in [0.25, 0.3) is 5.91 Å². The molecule has 0 saturated heterocycles. The average Bonchev–Trinajstić information content (AvgIpc) is 2.95. The second kappa shape index (κ2) is 7.03. The molecule has 0 aliphatic rings. The molecule has 122 valence electrons. The third-order valence-corrected chi connectivity index (χ3v) is 4.01. The molecular formula is C17H14Cl2N4O. The lowest BCUT2D eigenvalue weighted by molar-refractivity contribution is 0.0945. The van der Waals surface area contributed by atoms with Gasteiger partial charge in [0.1, 0.15) is 0 Å². The molecule has 0 aliphatic carbocycles. The maximum atomic E-state index is 12.3. The van der Waals surface area contributed by atoms with Crippen LogP contribution in [0.15, 0.2) is 48.5 Å². The molecule has 24 heavy (non-hydrogen) atoms. The number of halogens is 2. The lowest BCUT2D eigenvalue weighted by Gasteiger charge is -2.06. The molecule has 0 spiro atoms. The van der Waals surface area contributed by atoms with Crippen molar-refractivity contribution in [2.45, 2.75) is 13.5 Å². The van der Waals surface area contributed by atoms with Gasteiger partial charge in [-0.15, -0.1) is 5.10 Å². The summed E-state index contributed by atoms with van der Waals surface area (Å²) in [5, 5.41) is 12.1. The van der Waals surface area contributed by atoms with Crippen LogP contribution in [-0.4, -0.2) is 20.9 Å². The molecule has 1 N–H and O–H groups in total. The fourth-order valence-corrected chi connectivity index (χ4v) is 2.62. The van der Waals surface area contributed by atoms with Gasteiger partial charge in [-0.2, -0.15) is 0 Å². The van der Waals surface area contributed by atoms with Gasteiger partial charge in [-0.3, -0.25) is 4.79 Å². The number of carbonyl (C=O) groups is 1. The maximum Gasteiger partial charge on any atom is 0.274 e. The zero-order chi connectivity index (χ0) is 17.1. The van der Waals surface area contributed by atoms with Crippen LogP contribution in [0.25, 0.3) is 5.69 Å². The second-order valence-corrected chi connectivity index (χ2v) is 6.10. The predicted octanol–water partition coefficient (Wildman–Crippen LogP) is 3.81. The van der Waals surface area contributed by atoms with Gasteiger partial charge in [-0.1, -0.05) is 40.5 Å². The lowest BCUT2D eigenvalue weighted by atomic mass is 10.2. The molecular weight excluding hydrogens is 347 g/mol. The van der Waals surface area contributed by atoms with E-state index in [-0.39, 0.29) is 11.6 Å². The summed E-state index contributed by atoms with van der Waals surface area (Å²) in [5.74, 6) is -0.285. The van der Waals surface area contributed by atoms with E-state index in [1.54, 1.807) is 35.9 Å². The van der Waals surface area contributed by atoms with E-state index in [9.17, 15) is 4.79 Å². The molecule has 0 bridgehead atoms. The number of nitrogens with zero attached hydrogens (tertiary/aromatic N) is 3. The minimum Gasteiger partial charge on any atom is -0.347 e. The Morgan fingerprint density at radius 2 is 1.88 bits per heavy atom. The van der Waals surface area contributed by atoms with Crippen LogP contribution in [0, 0.1) is 6.92 Å². The van der Waals surface area contributed by atoms with E-state index in [0.717, 1.165) is 11.3 Å². The second-order valence-electron chi connectivity index (χ2n) is 5.22. The minimum atomic E-state index is -0.285.